The van der Waals surface area contributed by atoms with Crippen LogP contribution >= 0.6 is 0 Å². The van der Waals surface area contributed by atoms with Gasteiger partial charge in [0.2, 0.25) is 15.7 Å². The van der Waals surface area contributed by atoms with E-state index in [0.717, 1.165) is 19.4 Å². The third kappa shape index (κ3) is 2.72. The molecule has 1 aromatic carbocycles. The summed E-state index contributed by atoms with van der Waals surface area (Å²) in [4.78, 5) is 13.7. The van der Waals surface area contributed by atoms with Crippen LogP contribution in [0.3, 0.4) is 0 Å². The van der Waals surface area contributed by atoms with Gasteiger partial charge in [0, 0.05) is 20.0 Å². The number of benzene rings is 1. The summed E-state index contributed by atoms with van der Waals surface area (Å²) in [6.07, 6.45) is 4.25. The molecule has 2 aliphatic rings. The first-order chi connectivity index (χ1) is 8.53. The zero-order chi connectivity index (χ0) is 13.2. The molecule has 3 rings (SSSR count). The second kappa shape index (κ2) is 5.10. The number of fused-ring (bicyclic) bond motifs is 1. The molecule has 0 aromatic heterocycles. The summed E-state index contributed by atoms with van der Waals surface area (Å²) in [6.45, 7) is 0.957. The monoisotopic (exact) mass is 267 g/mol. The molecule has 1 amide bonds. The summed E-state index contributed by atoms with van der Waals surface area (Å²) in [5.41, 5.74) is 0. The predicted molar refractivity (Wildman–Crippen MR) is 68.0 cm³/mol. The number of carbonyl (C=O) groups excluding carboxylic acids is 1. The summed E-state index contributed by atoms with van der Waals surface area (Å²) in [5, 5.41) is 0. The van der Waals surface area contributed by atoms with Gasteiger partial charge in [-0.2, -0.15) is 0 Å². The SMILES string of the molecule is CN1CCCCCC1=O.O=S1(=O)c2ccccc21. The lowest BCUT2D eigenvalue weighted by Gasteiger charge is -2.11. The molecule has 0 aliphatic carbocycles. The lowest BCUT2D eigenvalue weighted by atomic mass is 10.2. The van der Waals surface area contributed by atoms with Crippen molar-refractivity contribution in [2.75, 3.05) is 13.6 Å². The van der Waals surface area contributed by atoms with Crippen molar-refractivity contribution in [3.8, 4) is 0 Å². The molecular weight excluding hydrogens is 250 g/mol. The van der Waals surface area contributed by atoms with Crippen LogP contribution in [-0.2, 0) is 14.6 Å². The number of hydrogen-bond acceptors (Lipinski definition) is 3. The van der Waals surface area contributed by atoms with E-state index in [1.165, 1.54) is 12.8 Å². The van der Waals surface area contributed by atoms with E-state index in [0.29, 0.717) is 15.7 Å². The third-order valence-electron chi connectivity index (χ3n) is 3.20. The van der Waals surface area contributed by atoms with Gasteiger partial charge in [-0.3, -0.25) is 4.79 Å². The zero-order valence-corrected chi connectivity index (χ0v) is 11.2. The lowest BCUT2D eigenvalue weighted by Crippen LogP contribution is -2.25. The first kappa shape index (κ1) is 13.1. The summed E-state index contributed by atoms with van der Waals surface area (Å²) in [5.74, 6) is 0.313. The molecule has 0 unspecified atom stereocenters. The van der Waals surface area contributed by atoms with Gasteiger partial charge in [0.05, 0.1) is 9.79 Å². The summed E-state index contributed by atoms with van der Waals surface area (Å²) in [7, 11) is -0.994. The molecule has 1 saturated heterocycles. The van der Waals surface area contributed by atoms with E-state index in [1.807, 2.05) is 11.9 Å². The topological polar surface area (TPSA) is 54.5 Å². The van der Waals surface area contributed by atoms with E-state index in [4.69, 9.17) is 0 Å². The van der Waals surface area contributed by atoms with Gasteiger partial charge in [-0.15, -0.1) is 0 Å². The van der Waals surface area contributed by atoms with E-state index < -0.39 is 9.84 Å². The minimum absolute atomic E-state index is 0.313. The number of likely N-dealkylation sites (tertiary alicyclic amines) is 1. The number of rotatable bonds is 0. The van der Waals surface area contributed by atoms with Crippen LogP contribution in [0.1, 0.15) is 25.7 Å². The fourth-order valence-corrected chi connectivity index (χ4v) is 3.27. The van der Waals surface area contributed by atoms with E-state index in [1.54, 1.807) is 24.3 Å². The standard InChI is InChI=1S/C7H13NO.C6H4O2S/c1-8-6-4-2-3-5-7(8)9;7-9(8)5-3-1-2-4-6(5)9/h2-6H2,1H3;1-4H. The second-order valence-corrected chi connectivity index (χ2v) is 6.46. The van der Waals surface area contributed by atoms with Crippen molar-refractivity contribution in [1.82, 2.24) is 4.90 Å². The van der Waals surface area contributed by atoms with Crippen molar-refractivity contribution < 1.29 is 13.2 Å². The Bertz CT molecular complexity index is 522. The Morgan fingerprint density at radius 1 is 1.06 bits per heavy atom. The average Bonchev–Trinajstić information content (AvgIpc) is 2.97. The molecule has 5 heteroatoms. The third-order valence-corrected chi connectivity index (χ3v) is 4.86. The Morgan fingerprint density at radius 2 is 1.67 bits per heavy atom. The van der Waals surface area contributed by atoms with Crippen LogP contribution in [0.2, 0.25) is 0 Å². The number of hydrogen-bond donors (Lipinski definition) is 0. The zero-order valence-electron chi connectivity index (χ0n) is 10.4. The van der Waals surface area contributed by atoms with Crippen molar-refractivity contribution in [1.29, 1.82) is 0 Å². The average molecular weight is 267 g/mol. The normalized spacial score (nSPS) is 20.3. The van der Waals surface area contributed by atoms with Gasteiger partial charge >= 0.3 is 0 Å². The Morgan fingerprint density at radius 3 is 2.22 bits per heavy atom. The Balaban J connectivity index is 0.000000134. The van der Waals surface area contributed by atoms with Crippen molar-refractivity contribution in [2.24, 2.45) is 0 Å². The lowest BCUT2D eigenvalue weighted by molar-refractivity contribution is -0.129. The molecule has 2 heterocycles. The van der Waals surface area contributed by atoms with Crippen molar-refractivity contribution in [2.45, 2.75) is 35.5 Å². The predicted octanol–water partition coefficient (Wildman–Crippen LogP) is 1.85. The summed E-state index contributed by atoms with van der Waals surface area (Å²) in [6, 6.07) is 6.68. The summed E-state index contributed by atoms with van der Waals surface area (Å²) < 4.78 is 21.5. The molecule has 2 aliphatic heterocycles. The van der Waals surface area contributed by atoms with Crippen LogP contribution in [0.15, 0.2) is 34.1 Å². The molecule has 1 aromatic rings. The quantitative estimate of drug-likeness (QED) is 0.684. The minimum atomic E-state index is -2.88. The van der Waals surface area contributed by atoms with Gasteiger partial charge in [-0.25, -0.2) is 8.42 Å². The van der Waals surface area contributed by atoms with E-state index in [2.05, 4.69) is 0 Å². The number of amides is 1. The first-order valence-electron chi connectivity index (χ1n) is 6.11. The largest absolute Gasteiger partial charge is 0.346 e. The van der Waals surface area contributed by atoms with E-state index >= 15 is 0 Å². The van der Waals surface area contributed by atoms with Gasteiger partial charge in [-0.1, -0.05) is 18.6 Å². The molecular formula is C13H17NO3S. The van der Waals surface area contributed by atoms with Crippen LogP contribution in [0.25, 0.3) is 0 Å². The van der Waals surface area contributed by atoms with Crippen LogP contribution in [0.5, 0.6) is 0 Å². The number of sulfone groups is 1. The highest BCUT2D eigenvalue weighted by Crippen LogP contribution is 2.38. The Hall–Kier alpha value is -1.36. The highest BCUT2D eigenvalue weighted by atomic mass is 32.2. The molecule has 0 saturated carbocycles. The first-order valence-corrected chi connectivity index (χ1v) is 7.60. The Labute approximate surface area is 108 Å². The minimum Gasteiger partial charge on any atom is -0.346 e. The maximum Gasteiger partial charge on any atom is 0.222 e. The van der Waals surface area contributed by atoms with Crippen LogP contribution in [0.4, 0.5) is 0 Å². The summed E-state index contributed by atoms with van der Waals surface area (Å²) >= 11 is 0. The highest BCUT2D eigenvalue weighted by Gasteiger charge is 2.37. The van der Waals surface area contributed by atoms with Gasteiger partial charge in [0.1, 0.15) is 0 Å². The van der Waals surface area contributed by atoms with Gasteiger partial charge in [0.25, 0.3) is 0 Å². The van der Waals surface area contributed by atoms with Gasteiger partial charge in [-0.05, 0) is 25.0 Å². The molecule has 98 valence electrons. The van der Waals surface area contributed by atoms with Gasteiger partial charge in [0.15, 0.2) is 0 Å². The highest BCUT2D eigenvalue weighted by molar-refractivity contribution is 7.97. The van der Waals surface area contributed by atoms with Crippen molar-refractivity contribution in [3.63, 3.8) is 0 Å². The molecule has 0 atom stereocenters. The molecule has 0 radical (unpaired) electrons. The Kier molecular flexibility index (Phi) is 3.71. The molecule has 18 heavy (non-hydrogen) atoms. The molecule has 4 nitrogen and oxygen atoms in total. The second-order valence-electron chi connectivity index (χ2n) is 4.58. The smallest absolute Gasteiger partial charge is 0.222 e. The van der Waals surface area contributed by atoms with Crippen LogP contribution in [0, 0.1) is 0 Å². The van der Waals surface area contributed by atoms with Crippen molar-refractivity contribution in [3.05, 3.63) is 24.3 Å². The molecule has 0 spiro atoms. The maximum absolute atomic E-state index is 10.9. The van der Waals surface area contributed by atoms with Crippen LogP contribution < -0.4 is 0 Å². The molecule has 0 N–H and O–H groups in total. The van der Waals surface area contributed by atoms with Gasteiger partial charge < -0.3 is 4.90 Å². The molecule has 0 bridgehead atoms. The maximum atomic E-state index is 10.9. The van der Waals surface area contributed by atoms with E-state index in [9.17, 15) is 13.2 Å². The fraction of sp³-hybridized carbons (Fsp3) is 0.462. The van der Waals surface area contributed by atoms with Crippen molar-refractivity contribution >= 4 is 15.7 Å². The molecule has 1 fully saturated rings. The van der Waals surface area contributed by atoms with E-state index in [-0.39, 0.29) is 0 Å². The number of carbonyl (C=O) groups is 1. The fourth-order valence-electron chi connectivity index (χ4n) is 1.97. The number of nitrogens with zero attached hydrogens (tertiary/aromatic N) is 1. The van der Waals surface area contributed by atoms with Crippen LogP contribution in [-0.4, -0.2) is 32.8 Å².